The number of ether oxygens (including phenoxy) is 1. The van der Waals surface area contributed by atoms with Crippen LogP contribution in [-0.2, 0) is 17.8 Å². The lowest BCUT2D eigenvalue weighted by Crippen LogP contribution is -2.14. The van der Waals surface area contributed by atoms with Crippen LogP contribution in [0.1, 0.15) is 22.7 Å². The molecule has 6 heteroatoms. The number of nitrogens with two attached hydrogens (primary N) is 1. The average Bonchev–Trinajstić information content (AvgIpc) is 2.73. The minimum atomic E-state index is -0.963. The minimum Gasteiger partial charge on any atom is -0.488 e. The molecule has 0 unspecified atom stereocenters. The van der Waals surface area contributed by atoms with Gasteiger partial charge in [0.1, 0.15) is 18.2 Å². The van der Waals surface area contributed by atoms with Crippen LogP contribution < -0.4 is 10.5 Å². The zero-order valence-electron chi connectivity index (χ0n) is 15.7. The number of hydrogen-bond donors (Lipinski definition) is 3. The normalized spacial score (nSPS) is 11.8. The second-order valence-electron chi connectivity index (χ2n) is 6.66. The Morgan fingerprint density at radius 2 is 1.76 bits per heavy atom. The fourth-order valence-corrected chi connectivity index (χ4v) is 3.07. The number of aliphatic carboxylic acids is 1. The summed E-state index contributed by atoms with van der Waals surface area (Å²) >= 11 is 0. The molecule has 29 heavy (non-hydrogen) atoms. The lowest BCUT2D eigenvalue weighted by Gasteiger charge is -2.14. The lowest BCUT2D eigenvalue weighted by atomic mass is 9.98. The Morgan fingerprint density at radius 1 is 1.03 bits per heavy atom. The molecule has 0 bridgehead atoms. The van der Waals surface area contributed by atoms with Crippen LogP contribution in [0.4, 0.5) is 4.39 Å². The number of carboxylic acids is 1. The third kappa shape index (κ3) is 4.99. The van der Waals surface area contributed by atoms with Crippen molar-refractivity contribution in [3.63, 3.8) is 0 Å². The number of halogens is 1. The van der Waals surface area contributed by atoms with Gasteiger partial charge < -0.3 is 20.7 Å². The molecular formula is C23H22FNO4. The van der Waals surface area contributed by atoms with Gasteiger partial charge in [-0.25, -0.2) is 4.39 Å². The molecule has 0 amide bonds. The topological polar surface area (TPSA) is 92.8 Å². The monoisotopic (exact) mass is 395 g/mol. The van der Waals surface area contributed by atoms with E-state index in [0.29, 0.717) is 33.6 Å². The molecule has 0 saturated heterocycles. The van der Waals surface area contributed by atoms with Gasteiger partial charge in [0.05, 0.1) is 19.1 Å². The fraction of sp³-hybridized carbons (Fsp3) is 0.174. The summed E-state index contributed by atoms with van der Waals surface area (Å²) < 4.78 is 20.9. The summed E-state index contributed by atoms with van der Waals surface area (Å²) in [6, 6.07) is 18.4. The molecule has 5 nitrogen and oxygen atoms in total. The first-order valence-corrected chi connectivity index (χ1v) is 9.16. The highest BCUT2D eigenvalue weighted by Crippen LogP contribution is 2.28. The van der Waals surface area contributed by atoms with E-state index in [0.717, 1.165) is 0 Å². The van der Waals surface area contributed by atoms with Crippen molar-refractivity contribution in [2.24, 2.45) is 5.73 Å². The van der Waals surface area contributed by atoms with Crippen molar-refractivity contribution in [2.75, 3.05) is 6.61 Å². The molecule has 0 aliphatic rings. The van der Waals surface area contributed by atoms with Gasteiger partial charge in [-0.1, -0.05) is 54.6 Å². The van der Waals surface area contributed by atoms with E-state index in [-0.39, 0.29) is 19.6 Å². The molecule has 0 aliphatic carbocycles. The van der Waals surface area contributed by atoms with Gasteiger partial charge in [0.2, 0.25) is 0 Å². The smallest absolute Gasteiger partial charge is 0.307 e. The standard InChI is InChI=1S/C23H22FNO4/c24-23-18(14-29-21-10-2-1-5-17(21)12-22(27)28)8-4-9-19(23)15-6-3-7-16(11-15)20(25)13-26/h1-11,20,26H,12-14,25H2,(H,27,28)/t20-/m1/s1. The summed E-state index contributed by atoms with van der Waals surface area (Å²) in [5, 5.41) is 18.3. The highest BCUT2D eigenvalue weighted by molar-refractivity contribution is 5.71. The SMILES string of the molecule is N[C@H](CO)c1cccc(-c2cccc(COc3ccccc3CC(=O)O)c2F)c1. The number of aliphatic hydroxyl groups is 1. The first kappa shape index (κ1) is 20.5. The number of hydrogen-bond acceptors (Lipinski definition) is 4. The Balaban J connectivity index is 1.84. The summed E-state index contributed by atoms with van der Waals surface area (Å²) in [4.78, 5) is 11.0. The van der Waals surface area contributed by atoms with Crippen LogP contribution in [-0.4, -0.2) is 22.8 Å². The first-order valence-electron chi connectivity index (χ1n) is 9.16. The molecule has 3 aromatic rings. The van der Waals surface area contributed by atoms with Crippen molar-refractivity contribution in [3.05, 3.63) is 89.2 Å². The highest BCUT2D eigenvalue weighted by Gasteiger charge is 2.14. The summed E-state index contributed by atoms with van der Waals surface area (Å²) in [5.41, 5.74) is 8.51. The Hall–Kier alpha value is -3.22. The molecule has 1 atom stereocenters. The molecule has 4 N–H and O–H groups in total. The number of aliphatic hydroxyl groups excluding tert-OH is 1. The predicted molar refractivity (Wildman–Crippen MR) is 108 cm³/mol. The van der Waals surface area contributed by atoms with Crippen LogP contribution >= 0.6 is 0 Å². The van der Waals surface area contributed by atoms with Crippen molar-refractivity contribution in [1.82, 2.24) is 0 Å². The third-order valence-electron chi connectivity index (χ3n) is 4.60. The zero-order valence-corrected chi connectivity index (χ0v) is 15.7. The Labute approximate surface area is 168 Å². The summed E-state index contributed by atoms with van der Waals surface area (Å²) in [5.74, 6) is -0.969. The molecular weight excluding hydrogens is 373 g/mol. The van der Waals surface area contributed by atoms with E-state index in [1.807, 2.05) is 0 Å². The maximum atomic E-state index is 15.1. The minimum absolute atomic E-state index is 0.0356. The van der Waals surface area contributed by atoms with Crippen molar-refractivity contribution < 1.29 is 24.1 Å². The maximum absolute atomic E-state index is 15.1. The molecule has 150 valence electrons. The second kappa shape index (κ2) is 9.32. The predicted octanol–water partition coefficient (Wildman–Crippen LogP) is 3.69. The van der Waals surface area contributed by atoms with Gasteiger partial charge in [0.15, 0.2) is 0 Å². The summed E-state index contributed by atoms with van der Waals surface area (Å²) in [7, 11) is 0. The largest absolute Gasteiger partial charge is 0.488 e. The van der Waals surface area contributed by atoms with Crippen LogP contribution in [0.15, 0.2) is 66.7 Å². The molecule has 3 rings (SSSR count). The van der Waals surface area contributed by atoms with E-state index >= 15 is 4.39 Å². The van der Waals surface area contributed by atoms with Crippen LogP contribution in [0.25, 0.3) is 11.1 Å². The molecule has 0 aromatic heterocycles. The lowest BCUT2D eigenvalue weighted by molar-refractivity contribution is -0.136. The van der Waals surface area contributed by atoms with Crippen LogP contribution in [0, 0.1) is 5.82 Å². The van der Waals surface area contributed by atoms with Gasteiger partial charge in [-0.2, -0.15) is 0 Å². The highest BCUT2D eigenvalue weighted by atomic mass is 19.1. The van der Waals surface area contributed by atoms with E-state index < -0.39 is 17.8 Å². The molecule has 0 aliphatic heterocycles. The summed E-state index contributed by atoms with van der Waals surface area (Å²) in [6.45, 7) is -0.234. The van der Waals surface area contributed by atoms with Crippen molar-refractivity contribution >= 4 is 5.97 Å². The third-order valence-corrected chi connectivity index (χ3v) is 4.60. The molecule has 0 radical (unpaired) electrons. The van der Waals surface area contributed by atoms with Crippen molar-refractivity contribution in [3.8, 4) is 16.9 Å². The molecule has 0 spiro atoms. The first-order chi connectivity index (χ1) is 14.0. The Kier molecular flexibility index (Phi) is 6.59. The van der Waals surface area contributed by atoms with Gasteiger partial charge in [-0.05, 0) is 23.3 Å². The van der Waals surface area contributed by atoms with E-state index in [4.69, 9.17) is 15.6 Å². The molecule has 0 saturated carbocycles. The van der Waals surface area contributed by atoms with Gasteiger partial charge in [-0.3, -0.25) is 4.79 Å². The number of rotatable bonds is 8. The maximum Gasteiger partial charge on any atom is 0.307 e. The van der Waals surface area contributed by atoms with E-state index in [1.54, 1.807) is 66.7 Å². The van der Waals surface area contributed by atoms with Crippen LogP contribution in [0.5, 0.6) is 5.75 Å². The van der Waals surface area contributed by atoms with Gasteiger partial charge in [0.25, 0.3) is 0 Å². The van der Waals surface area contributed by atoms with Gasteiger partial charge >= 0.3 is 5.97 Å². The quantitative estimate of drug-likeness (QED) is 0.541. The van der Waals surface area contributed by atoms with E-state index in [9.17, 15) is 9.90 Å². The number of carboxylic acid groups (broad SMARTS) is 1. The average molecular weight is 395 g/mol. The van der Waals surface area contributed by atoms with Gasteiger partial charge in [-0.15, -0.1) is 0 Å². The Bertz CT molecular complexity index is 1010. The second-order valence-corrected chi connectivity index (χ2v) is 6.66. The number of carbonyl (C=O) groups is 1. The van der Waals surface area contributed by atoms with E-state index in [1.165, 1.54) is 0 Å². The van der Waals surface area contributed by atoms with E-state index in [2.05, 4.69) is 0 Å². The van der Waals surface area contributed by atoms with Crippen molar-refractivity contribution in [2.45, 2.75) is 19.1 Å². The molecule has 0 heterocycles. The molecule has 0 fully saturated rings. The summed E-state index contributed by atoms with van der Waals surface area (Å²) in [6.07, 6.45) is -0.170. The number of para-hydroxylation sites is 1. The van der Waals surface area contributed by atoms with Gasteiger partial charge in [0, 0.05) is 16.7 Å². The molecule has 3 aromatic carbocycles. The van der Waals surface area contributed by atoms with Crippen molar-refractivity contribution in [1.29, 1.82) is 0 Å². The Morgan fingerprint density at radius 3 is 2.52 bits per heavy atom. The van der Waals surface area contributed by atoms with Crippen LogP contribution in [0.2, 0.25) is 0 Å². The fourth-order valence-electron chi connectivity index (χ4n) is 3.07. The number of benzene rings is 3. The van der Waals surface area contributed by atoms with Crippen LogP contribution in [0.3, 0.4) is 0 Å². The zero-order chi connectivity index (χ0) is 20.8.